The number of hydrogen-bond donors (Lipinski definition) is 2. The molecule has 2 aliphatic rings. The van der Waals surface area contributed by atoms with E-state index in [1.807, 2.05) is 18.3 Å². The van der Waals surface area contributed by atoms with E-state index in [2.05, 4.69) is 40.6 Å². The van der Waals surface area contributed by atoms with Crippen molar-refractivity contribution in [3.05, 3.63) is 58.9 Å². The first-order chi connectivity index (χ1) is 14.1. The Morgan fingerprint density at radius 2 is 1.86 bits per heavy atom. The van der Waals surface area contributed by atoms with Crippen molar-refractivity contribution < 1.29 is 4.79 Å². The number of aromatic nitrogens is 2. The summed E-state index contributed by atoms with van der Waals surface area (Å²) in [4.78, 5) is 12.1. The van der Waals surface area contributed by atoms with Gasteiger partial charge in [0.1, 0.15) is 0 Å². The average molecular weight is 386 g/mol. The van der Waals surface area contributed by atoms with E-state index in [1.54, 1.807) is 0 Å². The number of hydrogen-bond acceptors (Lipinski definition) is 4. The number of carbonyl (C=O) groups is 1. The van der Waals surface area contributed by atoms with Gasteiger partial charge in [0, 0.05) is 22.3 Å². The van der Waals surface area contributed by atoms with Crippen molar-refractivity contribution >= 4 is 16.7 Å². The van der Waals surface area contributed by atoms with Crippen molar-refractivity contribution in [2.45, 2.75) is 44.4 Å². The number of nitrogens with one attached hydrogen (secondary N) is 1. The number of benzene rings is 2. The first-order valence-electron chi connectivity index (χ1n) is 10.5. The summed E-state index contributed by atoms with van der Waals surface area (Å²) >= 11 is 0. The summed E-state index contributed by atoms with van der Waals surface area (Å²) in [6.45, 7) is 4.18. The zero-order valence-corrected chi connectivity index (χ0v) is 16.7. The number of carbonyl (C=O) groups excluding carboxylic acids is 1. The summed E-state index contributed by atoms with van der Waals surface area (Å²) in [5.74, 6) is 0.553. The van der Waals surface area contributed by atoms with Crippen LogP contribution in [0.1, 0.15) is 64.7 Å². The Kier molecular flexibility index (Phi) is 4.55. The third-order valence-electron chi connectivity index (χ3n) is 6.41. The summed E-state index contributed by atoms with van der Waals surface area (Å²) in [5, 5.41) is 14.5. The standard InChI is InChI=1S/C24H26N4O/c1-14-2-6-20(24(25)29)22(15-3-4-15)21(14)17-5-7-19-18(12-17)13-27-28-23(19)16-8-10-26-11-9-16/h2,5-7,12-13,15-16,26H,3-4,8-11H2,1H3,(H2,25,29). The van der Waals surface area contributed by atoms with Gasteiger partial charge in [0.2, 0.25) is 5.91 Å². The lowest BCUT2D eigenvalue weighted by Gasteiger charge is -2.23. The summed E-state index contributed by atoms with van der Waals surface area (Å²) in [6.07, 6.45) is 6.29. The Bertz CT molecular complexity index is 1100. The molecule has 0 radical (unpaired) electrons. The molecule has 2 fully saturated rings. The molecule has 2 heterocycles. The number of primary amides is 1. The molecule has 5 rings (SSSR count). The van der Waals surface area contributed by atoms with Gasteiger partial charge in [-0.15, -0.1) is 0 Å². The van der Waals surface area contributed by atoms with Gasteiger partial charge in [-0.25, -0.2) is 0 Å². The molecule has 0 atom stereocenters. The molecule has 2 aromatic carbocycles. The molecular weight excluding hydrogens is 360 g/mol. The number of amides is 1. The highest BCUT2D eigenvalue weighted by atomic mass is 16.1. The van der Waals surface area contributed by atoms with Crippen LogP contribution in [0, 0.1) is 6.92 Å². The molecule has 0 unspecified atom stereocenters. The molecule has 29 heavy (non-hydrogen) atoms. The average Bonchev–Trinajstić information content (AvgIpc) is 3.58. The number of nitrogens with two attached hydrogens (primary N) is 1. The molecule has 3 aromatic rings. The highest BCUT2D eigenvalue weighted by molar-refractivity contribution is 5.98. The van der Waals surface area contributed by atoms with Crippen molar-refractivity contribution in [2.24, 2.45) is 5.73 Å². The predicted octanol–water partition coefficient (Wildman–Crippen LogP) is 4.05. The van der Waals surface area contributed by atoms with Crippen LogP contribution in [0.3, 0.4) is 0 Å². The van der Waals surface area contributed by atoms with Crippen molar-refractivity contribution in [1.82, 2.24) is 15.5 Å². The van der Waals surface area contributed by atoms with Crippen molar-refractivity contribution in [2.75, 3.05) is 13.1 Å². The summed E-state index contributed by atoms with van der Waals surface area (Å²) in [7, 11) is 0. The Balaban J connectivity index is 1.65. The van der Waals surface area contributed by atoms with Gasteiger partial charge in [-0.05, 0) is 86.0 Å². The third-order valence-corrected chi connectivity index (χ3v) is 6.41. The van der Waals surface area contributed by atoms with E-state index in [1.165, 1.54) is 10.9 Å². The van der Waals surface area contributed by atoms with Crippen LogP contribution in [0.4, 0.5) is 0 Å². The van der Waals surface area contributed by atoms with Crippen molar-refractivity contribution in [3.63, 3.8) is 0 Å². The molecule has 0 spiro atoms. The molecule has 1 aliphatic carbocycles. The summed E-state index contributed by atoms with van der Waals surface area (Å²) in [6, 6.07) is 10.5. The van der Waals surface area contributed by atoms with Gasteiger partial charge in [0.05, 0.1) is 11.9 Å². The maximum atomic E-state index is 12.1. The SMILES string of the molecule is Cc1ccc(C(N)=O)c(C2CC2)c1-c1ccc2c(C3CCNCC3)nncc2c1. The van der Waals surface area contributed by atoms with E-state index in [0.29, 0.717) is 17.4 Å². The second-order valence-electron chi connectivity index (χ2n) is 8.41. The van der Waals surface area contributed by atoms with Gasteiger partial charge in [-0.2, -0.15) is 10.2 Å². The lowest BCUT2D eigenvalue weighted by atomic mass is 9.87. The number of aryl methyl sites for hydroxylation is 1. The molecule has 1 aromatic heterocycles. The molecular formula is C24H26N4O. The molecule has 148 valence electrons. The van der Waals surface area contributed by atoms with Gasteiger partial charge in [-0.1, -0.05) is 18.2 Å². The van der Waals surface area contributed by atoms with E-state index < -0.39 is 0 Å². The van der Waals surface area contributed by atoms with Crippen molar-refractivity contribution in [3.8, 4) is 11.1 Å². The smallest absolute Gasteiger partial charge is 0.249 e. The lowest BCUT2D eigenvalue weighted by Crippen LogP contribution is -2.27. The molecule has 1 aliphatic heterocycles. The van der Waals surface area contributed by atoms with E-state index >= 15 is 0 Å². The Morgan fingerprint density at radius 1 is 1.07 bits per heavy atom. The second kappa shape index (κ2) is 7.23. The fraction of sp³-hybridized carbons (Fsp3) is 0.375. The van der Waals surface area contributed by atoms with Crippen LogP contribution in [-0.4, -0.2) is 29.2 Å². The third kappa shape index (κ3) is 3.29. The van der Waals surface area contributed by atoms with E-state index in [0.717, 1.165) is 66.5 Å². The first kappa shape index (κ1) is 18.3. The van der Waals surface area contributed by atoms with Gasteiger partial charge >= 0.3 is 0 Å². The monoisotopic (exact) mass is 386 g/mol. The minimum absolute atomic E-state index is 0.340. The Hall–Kier alpha value is -2.79. The Morgan fingerprint density at radius 3 is 2.59 bits per heavy atom. The van der Waals surface area contributed by atoms with Gasteiger partial charge in [0.25, 0.3) is 0 Å². The number of fused-ring (bicyclic) bond motifs is 1. The molecule has 0 bridgehead atoms. The van der Waals surface area contributed by atoms with Gasteiger partial charge < -0.3 is 11.1 Å². The largest absolute Gasteiger partial charge is 0.366 e. The molecule has 1 saturated heterocycles. The number of rotatable bonds is 4. The maximum Gasteiger partial charge on any atom is 0.249 e. The van der Waals surface area contributed by atoms with E-state index in [4.69, 9.17) is 5.73 Å². The first-order valence-corrected chi connectivity index (χ1v) is 10.5. The molecule has 1 saturated carbocycles. The van der Waals surface area contributed by atoms with Crippen LogP contribution < -0.4 is 11.1 Å². The maximum absolute atomic E-state index is 12.1. The van der Waals surface area contributed by atoms with Crippen LogP contribution in [0.2, 0.25) is 0 Å². The minimum Gasteiger partial charge on any atom is -0.366 e. The fourth-order valence-electron chi connectivity index (χ4n) is 4.78. The van der Waals surface area contributed by atoms with Crippen LogP contribution in [-0.2, 0) is 0 Å². The predicted molar refractivity (Wildman–Crippen MR) is 115 cm³/mol. The second-order valence-corrected chi connectivity index (χ2v) is 8.41. The topological polar surface area (TPSA) is 80.9 Å². The fourth-order valence-corrected chi connectivity index (χ4v) is 4.78. The normalized spacial score (nSPS) is 17.6. The molecule has 3 N–H and O–H groups in total. The highest BCUT2D eigenvalue weighted by Gasteiger charge is 2.31. The van der Waals surface area contributed by atoms with Crippen LogP contribution in [0.25, 0.3) is 21.9 Å². The van der Waals surface area contributed by atoms with Crippen LogP contribution >= 0.6 is 0 Å². The quantitative estimate of drug-likeness (QED) is 0.709. The van der Waals surface area contributed by atoms with Gasteiger partial charge in [0.15, 0.2) is 0 Å². The zero-order valence-electron chi connectivity index (χ0n) is 16.7. The zero-order chi connectivity index (χ0) is 20.0. The highest BCUT2D eigenvalue weighted by Crippen LogP contribution is 2.47. The van der Waals surface area contributed by atoms with Gasteiger partial charge in [-0.3, -0.25) is 4.79 Å². The van der Waals surface area contributed by atoms with Crippen LogP contribution in [0.5, 0.6) is 0 Å². The molecule has 5 nitrogen and oxygen atoms in total. The van der Waals surface area contributed by atoms with E-state index in [9.17, 15) is 4.79 Å². The molecule has 1 amide bonds. The van der Waals surface area contributed by atoms with Crippen molar-refractivity contribution in [1.29, 1.82) is 0 Å². The van der Waals surface area contributed by atoms with Crippen LogP contribution in [0.15, 0.2) is 36.5 Å². The molecule has 5 heteroatoms. The lowest BCUT2D eigenvalue weighted by molar-refractivity contribution is 0.0999. The summed E-state index contributed by atoms with van der Waals surface area (Å²) < 4.78 is 0. The minimum atomic E-state index is -0.340. The Labute approximate surface area is 170 Å². The number of piperidine rings is 1. The van der Waals surface area contributed by atoms with E-state index in [-0.39, 0.29) is 5.91 Å². The summed E-state index contributed by atoms with van der Waals surface area (Å²) in [5.41, 5.74) is 12.1. The number of nitrogens with zero attached hydrogens (tertiary/aromatic N) is 2.